The highest BCUT2D eigenvalue weighted by Crippen LogP contribution is 2.14. The number of hydrogen-bond donors (Lipinski definition) is 1. The molecule has 7 heteroatoms. The van der Waals surface area contributed by atoms with Gasteiger partial charge >= 0.3 is 0 Å². The lowest BCUT2D eigenvalue weighted by Gasteiger charge is -2.22. The van der Waals surface area contributed by atoms with Crippen LogP contribution in [0.15, 0.2) is 34.8 Å². The SMILES string of the molecule is CCNC(=NCCc1cccs1)N(C)Cc1cc(Cl)cn1C.I. The zero-order valence-corrected chi connectivity index (χ0v) is 17.7. The number of aryl methyl sites for hydroxylation is 1. The van der Waals surface area contributed by atoms with Gasteiger partial charge in [-0.1, -0.05) is 17.7 Å². The van der Waals surface area contributed by atoms with Crippen LogP contribution in [-0.4, -0.2) is 35.6 Å². The van der Waals surface area contributed by atoms with E-state index in [1.807, 2.05) is 30.9 Å². The molecule has 2 aromatic rings. The molecule has 2 rings (SSSR count). The number of halogens is 2. The Labute approximate surface area is 164 Å². The number of guanidine groups is 1. The van der Waals surface area contributed by atoms with E-state index in [9.17, 15) is 0 Å². The van der Waals surface area contributed by atoms with Crippen LogP contribution in [0.4, 0.5) is 0 Å². The second kappa shape index (κ2) is 10.2. The number of rotatable bonds is 6. The van der Waals surface area contributed by atoms with Crippen molar-refractivity contribution < 1.29 is 0 Å². The molecule has 128 valence electrons. The first-order valence-electron chi connectivity index (χ1n) is 7.42. The highest BCUT2D eigenvalue weighted by Gasteiger charge is 2.09. The van der Waals surface area contributed by atoms with E-state index < -0.39 is 0 Å². The molecule has 0 saturated heterocycles. The molecule has 0 aliphatic heterocycles. The van der Waals surface area contributed by atoms with E-state index in [2.05, 4.69) is 34.7 Å². The van der Waals surface area contributed by atoms with Crippen LogP contribution in [0.25, 0.3) is 0 Å². The van der Waals surface area contributed by atoms with Gasteiger partial charge in [0, 0.05) is 50.4 Å². The van der Waals surface area contributed by atoms with E-state index >= 15 is 0 Å². The van der Waals surface area contributed by atoms with Crippen LogP contribution in [0.1, 0.15) is 17.5 Å². The van der Waals surface area contributed by atoms with Gasteiger partial charge < -0.3 is 14.8 Å². The number of nitrogens with zero attached hydrogens (tertiary/aromatic N) is 3. The van der Waals surface area contributed by atoms with E-state index in [4.69, 9.17) is 16.6 Å². The van der Waals surface area contributed by atoms with Gasteiger partial charge in [0.05, 0.1) is 11.6 Å². The summed E-state index contributed by atoms with van der Waals surface area (Å²) >= 11 is 7.83. The van der Waals surface area contributed by atoms with Crippen molar-refractivity contribution in [2.24, 2.45) is 12.0 Å². The normalized spacial score (nSPS) is 11.2. The second-order valence-corrected chi connectivity index (χ2v) is 6.65. The molecule has 0 saturated carbocycles. The third kappa shape index (κ3) is 6.35. The Morgan fingerprint density at radius 3 is 2.83 bits per heavy atom. The van der Waals surface area contributed by atoms with Crippen molar-refractivity contribution >= 4 is 52.9 Å². The number of aromatic nitrogens is 1. The minimum atomic E-state index is 0. The van der Waals surface area contributed by atoms with Gasteiger partial charge in [-0.2, -0.15) is 0 Å². The molecule has 0 atom stereocenters. The highest BCUT2D eigenvalue weighted by molar-refractivity contribution is 14.0. The van der Waals surface area contributed by atoms with Crippen LogP contribution in [0, 0.1) is 0 Å². The van der Waals surface area contributed by atoms with Crippen molar-refractivity contribution in [1.29, 1.82) is 0 Å². The van der Waals surface area contributed by atoms with Crippen LogP contribution in [0.5, 0.6) is 0 Å². The molecule has 0 amide bonds. The first-order valence-corrected chi connectivity index (χ1v) is 8.68. The highest BCUT2D eigenvalue weighted by atomic mass is 127. The average Bonchev–Trinajstić information content (AvgIpc) is 3.08. The largest absolute Gasteiger partial charge is 0.357 e. The van der Waals surface area contributed by atoms with E-state index in [0.717, 1.165) is 42.7 Å². The molecular formula is C16H24ClIN4S. The van der Waals surface area contributed by atoms with Gasteiger partial charge in [0.1, 0.15) is 0 Å². The minimum Gasteiger partial charge on any atom is -0.357 e. The summed E-state index contributed by atoms with van der Waals surface area (Å²) in [6.45, 7) is 4.51. The second-order valence-electron chi connectivity index (χ2n) is 5.18. The van der Waals surface area contributed by atoms with Crippen LogP contribution in [0.3, 0.4) is 0 Å². The average molecular weight is 467 g/mol. The van der Waals surface area contributed by atoms with Gasteiger partial charge in [-0.25, -0.2) is 0 Å². The van der Waals surface area contributed by atoms with Crippen molar-refractivity contribution in [1.82, 2.24) is 14.8 Å². The van der Waals surface area contributed by atoms with Gasteiger partial charge in [0.2, 0.25) is 0 Å². The topological polar surface area (TPSA) is 32.6 Å². The number of thiophene rings is 1. The fourth-order valence-corrected chi connectivity index (χ4v) is 3.21. The predicted molar refractivity (Wildman–Crippen MR) is 111 cm³/mol. The Hall–Kier alpha value is -0.730. The minimum absolute atomic E-state index is 0. The molecule has 0 aliphatic rings. The molecule has 0 spiro atoms. The summed E-state index contributed by atoms with van der Waals surface area (Å²) in [4.78, 5) is 8.22. The van der Waals surface area contributed by atoms with Gasteiger partial charge in [-0.3, -0.25) is 4.99 Å². The van der Waals surface area contributed by atoms with Gasteiger partial charge in [0.25, 0.3) is 0 Å². The Kier molecular flexibility index (Phi) is 9.01. The van der Waals surface area contributed by atoms with E-state index in [0.29, 0.717) is 0 Å². The molecule has 0 aliphatic carbocycles. The smallest absolute Gasteiger partial charge is 0.194 e. The van der Waals surface area contributed by atoms with Crippen molar-refractivity contribution in [2.45, 2.75) is 19.9 Å². The van der Waals surface area contributed by atoms with Gasteiger partial charge in [0.15, 0.2) is 5.96 Å². The van der Waals surface area contributed by atoms with Gasteiger partial charge in [-0.05, 0) is 24.4 Å². The zero-order valence-electron chi connectivity index (χ0n) is 13.8. The summed E-state index contributed by atoms with van der Waals surface area (Å²) in [5, 5.41) is 6.22. The number of hydrogen-bond acceptors (Lipinski definition) is 2. The lowest BCUT2D eigenvalue weighted by molar-refractivity contribution is 0.462. The molecule has 0 unspecified atom stereocenters. The monoisotopic (exact) mass is 466 g/mol. The summed E-state index contributed by atoms with van der Waals surface area (Å²) in [6.07, 6.45) is 2.90. The molecule has 4 nitrogen and oxygen atoms in total. The molecule has 0 fully saturated rings. The Morgan fingerprint density at radius 2 is 2.26 bits per heavy atom. The first kappa shape index (κ1) is 20.3. The molecule has 0 radical (unpaired) electrons. The quantitative estimate of drug-likeness (QED) is 0.396. The van der Waals surface area contributed by atoms with E-state index in [-0.39, 0.29) is 24.0 Å². The Morgan fingerprint density at radius 1 is 1.48 bits per heavy atom. The standard InChI is InChI=1S/C16H23ClN4S.HI/c1-4-18-16(19-8-7-15-6-5-9-22-15)21(3)12-14-10-13(17)11-20(14)2;/h5-6,9-11H,4,7-8,12H2,1-3H3,(H,18,19);1H. The Balaban J connectivity index is 0.00000264. The van der Waals surface area contributed by atoms with Crippen molar-refractivity contribution in [3.63, 3.8) is 0 Å². The number of aliphatic imine (C=N–C) groups is 1. The van der Waals surface area contributed by atoms with Crippen LogP contribution < -0.4 is 5.32 Å². The van der Waals surface area contributed by atoms with Crippen molar-refractivity contribution in [3.8, 4) is 0 Å². The fourth-order valence-electron chi connectivity index (χ4n) is 2.24. The third-order valence-electron chi connectivity index (χ3n) is 3.37. The summed E-state index contributed by atoms with van der Waals surface area (Å²) in [5.74, 6) is 0.927. The van der Waals surface area contributed by atoms with Crippen LogP contribution in [-0.2, 0) is 20.0 Å². The maximum Gasteiger partial charge on any atom is 0.194 e. The summed E-state index contributed by atoms with van der Waals surface area (Å²) in [6, 6.07) is 6.23. The predicted octanol–water partition coefficient (Wildman–Crippen LogP) is 4.00. The summed E-state index contributed by atoms with van der Waals surface area (Å²) in [5.41, 5.74) is 1.16. The lowest BCUT2D eigenvalue weighted by Crippen LogP contribution is -2.39. The molecule has 0 bridgehead atoms. The molecule has 1 N–H and O–H groups in total. The van der Waals surface area contributed by atoms with Crippen LogP contribution >= 0.6 is 46.9 Å². The number of nitrogens with one attached hydrogen (secondary N) is 1. The lowest BCUT2D eigenvalue weighted by atomic mass is 10.3. The third-order valence-corrected chi connectivity index (χ3v) is 4.51. The first-order chi connectivity index (χ1) is 10.6. The molecule has 2 heterocycles. The van der Waals surface area contributed by atoms with Crippen LogP contribution in [0.2, 0.25) is 5.02 Å². The maximum absolute atomic E-state index is 6.05. The van der Waals surface area contributed by atoms with Crippen molar-refractivity contribution in [3.05, 3.63) is 45.4 Å². The van der Waals surface area contributed by atoms with Gasteiger partial charge in [-0.15, -0.1) is 35.3 Å². The maximum atomic E-state index is 6.05. The Bertz CT molecular complexity index is 610. The summed E-state index contributed by atoms with van der Waals surface area (Å²) in [7, 11) is 4.06. The molecule has 23 heavy (non-hydrogen) atoms. The molecule has 0 aromatic carbocycles. The molecule has 2 aromatic heterocycles. The van der Waals surface area contributed by atoms with E-state index in [1.54, 1.807) is 11.3 Å². The molecular weight excluding hydrogens is 443 g/mol. The van der Waals surface area contributed by atoms with Crippen molar-refractivity contribution in [2.75, 3.05) is 20.1 Å². The zero-order chi connectivity index (χ0) is 15.9. The van der Waals surface area contributed by atoms with E-state index in [1.165, 1.54) is 4.88 Å². The summed E-state index contributed by atoms with van der Waals surface area (Å²) < 4.78 is 2.05. The fraction of sp³-hybridized carbons (Fsp3) is 0.438.